The molecule has 24 heavy (non-hydrogen) atoms. The van der Waals surface area contributed by atoms with Crippen molar-refractivity contribution in [1.82, 2.24) is 14.2 Å². The molecule has 2 atom stereocenters. The van der Waals surface area contributed by atoms with Crippen LogP contribution in [0.25, 0.3) is 0 Å². The van der Waals surface area contributed by atoms with Crippen LogP contribution in [0.5, 0.6) is 0 Å². The van der Waals surface area contributed by atoms with Gasteiger partial charge in [0.05, 0.1) is 17.9 Å². The first kappa shape index (κ1) is 15.5. The fourth-order valence-electron chi connectivity index (χ4n) is 3.61. The summed E-state index contributed by atoms with van der Waals surface area (Å²) in [5.41, 5.74) is 0. The lowest BCUT2D eigenvalue weighted by Crippen LogP contribution is -2.62. The maximum atomic E-state index is 12.5. The molecule has 0 N–H and O–H groups in total. The summed E-state index contributed by atoms with van der Waals surface area (Å²) >= 11 is 0. The first-order chi connectivity index (χ1) is 11.5. The molecular formula is C16H17N3O4S. The van der Waals surface area contributed by atoms with Crippen molar-refractivity contribution in [2.24, 2.45) is 11.8 Å². The molecule has 7 nitrogen and oxygen atoms in total. The Morgan fingerprint density at radius 3 is 2.21 bits per heavy atom. The second-order valence-electron chi connectivity index (χ2n) is 6.37. The Kier molecular flexibility index (Phi) is 3.54. The zero-order valence-electron chi connectivity index (χ0n) is 12.9. The second kappa shape index (κ2) is 5.49. The molecule has 3 aliphatic rings. The summed E-state index contributed by atoms with van der Waals surface area (Å²) < 4.78 is 26.2. The summed E-state index contributed by atoms with van der Waals surface area (Å²) in [5, 5.41) is 0. The molecule has 1 aliphatic carbocycles. The molecule has 8 heteroatoms. The molecule has 0 aromatic carbocycles. The van der Waals surface area contributed by atoms with Crippen LogP contribution >= 0.6 is 0 Å². The van der Waals surface area contributed by atoms with Gasteiger partial charge in [0.15, 0.2) is 0 Å². The van der Waals surface area contributed by atoms with Crippen LogP contribution in [0.3, 0.4) is 0 Å². The van der Waals surface area contributed by atoms with Gasteiger partial charge in [-0.25, -0.2) is 8.42 Å². The number of rotatable bonds is 3. The summed E-state index contributed by atoms with van der Waals surface area (Å²) in [7, 11) is -3.62. The quantitative estimate of drug-likeness (QED) is 0.584. The van der Waals surface area contributed by atoms with Gasteiger partial charge in [0.25, 0.3) is 0 Å². The molecule has 2 aliphatic heterocycles. The van der Waals surface area contributed by atoms with Crippen molar-refractivity contribution in [3.05, 3.63) is 36.7 Å². The number of hydrogen-bond acceptors (Lipinski definition) is 5. The highest BCUT2D eigenvalue weighted by Gasteiger charge is 2.53. The fourth-order valence-corrected chi connectivity index (χ4v) is 5.09. The van der Waals surface area contributed by atoms with Gasteiger partial charge in [-0.15, -0.1) is 0 Å². The van der Waals surface area contributed by atoms with Crippen LogP contribution < -0.4 is 0 Å². The number of nitrogens with zero attached hydrogens (tertiary/aromatic N) is 3. The number of hydrogen-bond donors (Lipinski definition) is 0. The van der Waals surface area contributed by atoms with Gasteiger partial charge < -0.3 is 0 Å². The number of pyridine rings is 1. The van der Waals surface area contributed by atoms with Crippen molar-refractivity contribution < 1.29 is 18.0 Å². The monoisotopic (exact) mass is 347 g/mol. The van der Waals surface area contributed by atoms with Crippen molar-refractivity contribution in [2.45, 2.75) is 23.8 Å². The van der Waals surface area contributed by atoms with Crippen LogP contribution in [0.15, 0.2) is 41.6 Å². The minimum Gasteiger partial charge on any atom is -0.276 e. The van der Waals surface area contributed by atoms with Gasteiger partial charge in [0.1, 0.15) is 4.90 Å². The number of likely N-dealkylation sites (tertiary alicyclic amines) is 1. The lowest BCUT2D eigenvalue weighted by molar-refractivity contribution is -0.145. The van der Waals surface area contributed by atoms with E-state index in [0.29, 0.717) is 12.8 Å². The smallest absolute Gasteiger partial charge is 0.244 e. The standard InChI is InChI=1S/C16H17N3O4S/c20-15-13-5-1-2-6-14(13)16(21)19(15)11-9-18(10-11)24(22,23)12-4-3-7-17-8-12/h1-4,7-8,11,13-14H,5-6,9-10H2. The highest BCUT2D eigenvalue weighted by molar-refractivity contribution is 7.89. The van der Waals surface area contributed by atoms with E-state index in [1.54, 1.807) is 6.07 Å². The van der Waals surface area contributed by atoms with Gasteiger partial charge in [-0.05, 0) is 25.0 Å². The lowest BCUT2D eigenvalue weighted by atomic mass is 9.85. The third-order valence-corrected chi connectivity index (χ3v) is 6.82. The highest BCUT2D eigenvalue weighted by atomic mass is 32.2. The minimum atomic E-state index is -3.62. The summed E-state index contributed by atoms with van der Waals surface area (Å²) in [4.78, 5) is 30.3. The third-order valence-electron chi connectivity index (χ3n) is 5.01. The van der Waals surface area contributed by atoms with Crippen LogP contribution in [0, 0.1) is 11.8 Å². The number of sulfonamides is 1. The number of carbonyl (C=O) groups is 2. The first-order valence-corrected chi connectivity index (χ1v) is 9.36. The van der Waals surface area contributed by atoms with Gasteiger partial charge in [-0.2, -0.15) is 4.31 Å². The first-order valence-electron chi connectivity index (χ1n) is 7.92. The van der Waals surface area contributed by atoms with E-state index in [1.807, 2.05) is 12.2 Å². The van der Waals surface area contributed by atoms with Gasteiger partial charge in [0.2, 0.25) is 21.8 Å². The highest BCUT2D eigenvalue weighted by Crippen LogP contribution is 2.38. The Labute approximate surface area is 140 Å². The predicted octanol–water partition coefficient (Wildman–Crippen LogP) is 0.406. The molecule has 3 heterocycles. The summed E-state index contributed by atoms with van der Waals surface area (Å²) in [5.74, 6) is -0.853. The molecule has 0 spiro atoms. The van der Waals surface area contributed by atoms with E-state index in [4.69, 9.17) is 0 Å². The van der Waals surface area contributed by atoms with Crippen LogP contribution in [0.4, 0.5) is 0 Å². The predicted molar refractivity (Wildman–Crippen MR) is 84.0 cm³/mol. The van der Waals surface area contributed by atoms with Crippen LogP contribution in [-0.4, -0.2) is 53.6 Å². The molecular weight excluding hydrogens is 330 g/mol. The van der Waals surface area contributed by atoms with E-state index in [9.17, 15) is 18.0 Å². The SMILES string of the molecule is O=C1C2CC=CCC2C(=O)N1C1CN(S(=O)(=O)c2cccnc2)C1. The average Bonchev–Trinajstić information content (AvgIpc) is 2.80. The van der Waals surface area contributed by atoms with Crippen molar-refractivity contribution in [1.29, 1.82) is 0 Å². The zero-order chi connectivity index (χ0) is 16.9. The molecule has 2 saturated heterocycles. The van der Waals surface area contributed by atoms with Gasteiger partial charge in [0, 0.05) is 25.5 Å². The molecule has 4 rings (SSSR count). The summed E-state index contributed by atoms with van der Waals surface area (Å²) in [6, 6.07) is 2.69. The number of imide groups is 1. The molecule has 1 aromatic rings. The Morgan fingerprint density at radius 1 is 1.04 bits per heavy atom. The van der Waals surface area contributed by atoms with E-state index in [2.05, 4.69) is 4.98 Å². The average molecular weight is 347 g/mol. The Bertz CT molecular complexity index is 789. The Balaban J connectivity index is 1.48. The fraction of sp³-hybridized carbons (Fsp3) is 0.438. The molecule has 2 amide bonds. The van der Waals surface area contributed by atoms with Gasteiger partial charge >= 0.3 is 0 Å². The topological polar surface area (TPSA) is 87.7 Å². The number of amides is 2. The number of allylic oxidation sites excluding steroid dienone is 2. The number of fused-ring (bicyclic) bond motifs is 1. The van der Waals surface area contributed by atoms with Crippen molar-refractivity contribution in [3.8, 4) is 0 Å². The normalized spacial score (nSPS) is 28.1. The van der Waals surface area contributed by atoms with Crippen molar-refractivity contribution in [2.75, 3.05) is 13.1 Å². The molecule has 1 aromatic heterocycles. The van der Waals surface area contributed by atoms with E-state index in [1.165, 1.54) is 27.7 Å². The maximum absolute atomic E-state index is 12.5. The molecule has 0 radical (unpaired) electrons. The van der Waals surface area contributed by atoms with Crippen molar-refractivity contribution >= 4 is 21.8 Å². The van der Waals surface area contributed by atoms with E-state index in [0.717, 1.165) is 0 Å². The largest absolute Gasteiger partial charge is 0.276 e. The second-order valence-corrected chi connectivity index (χ2v) is 8.30. The molecule has 2 unspecified atom stereocenters. The molecule has 2 fully saturated rings. The number of aromatic nitrogens is 1. The summed E-state index contributed by atoms with van der Waals surface area (Å²) in [6.07, 6.45) is 7.88. The minimum absolute atomic E-state index is 0.125. The van der Waals surface area contributed by atoms with E-state index in [-0.39, 0.29) is 47.7 Å². The van der Waals surface area contributed by atoms with Gasteiger partial charge in [-0.3, -0.25) is 19.5 Å². The third kappa shape index (κ3) is 2.21. The van der Waals surface area contributed by atoms with Gasteiger partial charge in [-0.1, -0.05) is 12.2 Å². The molecule has 126 valence electrons. The van der Waals surface area contributed by atoms with Crippen molar-refractivity contribution in [3.63, 3.8) is 0 Å². The zero-order valence-corrected chi connectivity index (χ0v) is 13.7. The molecule has 0 bridgehead atoms. The Morgan fingerprint density at radius 2 is 1.67 bits per heavy atom. The lowest BCUT2D eigenvalue weighted by Gasteiger charge is -2.42. The van der Waals surface area contributed by atoms with Crippen LogP contribution in [0.1, 0.15) is 12.8 Å². The molecule has 0 saturated carbocycles. The Hall–Kier alpha value is -2.06. The van der Waals surface area contributed by atoms with E-state index >= 15 is 0 Å². The maximum Gasteiger partial charge on any atom is 0.244 e. The van der Waals surface area contributed by atoms with Crippen LogP contribution in [-0.2, 0) is 19.6 Å². The van der Waals surface area contributed by atoms with Crippen LogP contribution in [0.2, 0.25) is 0 Å². The summed E-state index contributed by atoms with van der Waals surface area (Å²) in [6.45, 7) is 0.309. The van der Waals surface area contributed by atoms with E-state index < -0.39 is 10.0 Å². The number of carbonyl (C=O) groups excluding carboxylic acids is 2.